The molecule has 2 aromatic carbocycles. The molecule has 0 amide bonds. The topological polar surface area (TPSA) is 120 Å². The smallest absolute Gasteiger partial charge is 0.278 e. The number of aromatic nitrogens is 5. The molecule has 0 saturated heterocycles. The van der Waals surface area contributed by atoms with Crippen molar-refractivity contribution < 1.29 is 0 Å². The molecule has 0 unspecified atom stereocenters. The lowest BCUT2D eigenvalue weighted by Crippen LogP contribution is -2.33. The highest BCUT2D eigenvalue weighted by molar-refractivity contribution is 5.82. The molecule has 0 aliphatic rings. The first-order chi connectivity index (χ1) is 14.8. The van der Waals surface area contributed by atoms with Crippen molar-refractivity contribution in [2.75, 3.05) is 0 Å². The molecule has 0 bridgehead atoms. The molecule has 0 spiro atoms. The number of nitrogens with zero attached hydrogens (tertiary/aromatic N) is 4. The summed E-state index contributed by atoms with van der Waals surface area (Å²) in [5.41, 5.74) is 5.06. The molecule has 2 aromatic heterocycles. The molecule has 8 heteroatoms. The number of H-pyrrole nitrogens is 2. The maximum absolute atomic E-state index is 12.2. The van der Waals surface area contributed by atoms with Crippen LogP contribution in [0.25, 0.3) is 16.6 Å². The van der Waals surface area contributed by atoms with Crippen molar-refractivity contribution in [3.8, 4) is 11.8 Å². The van der Waals surface area contributed by atoms with E-state index in [9.17, 15) is 9.59 Å². The Kier molecular flexibility index (Phi) is 5.03. The van der Waals surface area contributed by atoms with Crippen LogP contribution in [0.3, 0.4) is 0 Å². The summed E-state index contributed by atoms with van der Waals surface area (Å²) in [5, 5.41) is 21.6. The van der Waals surface area contributed by atoms with E-state index in [1.807, 2.05) is 26.0 Å². The van der Waals surface area contributed by atoms with Gasteiger partial charge in [0.25, 0.3) is 5.56 Å². The zero-order chi connectivity index (χ0) is 22.3. The summed E-state index contributed by atoms with van der Waals surface area (Å²) >= 11 is 0. The van der Waals surface area contributed by atoms with Crippen LogP contribution in [0.1, 0.15) is 53.4 Å². The average Bonchev–Trinajstić information content (AvgIpc) is 3.14. The van der Waals surface area contributed by atoms with Gasteiger partial charge in [0.2, 0.25) is 5.69 Å². The summed E-state index contributed by atoms with van der Waals surface area (Å²) in [6, 6.07) is 11.7. The van der Waals surface area contributed by atoms with Crippen molar-refractivity contribution in [3.05, 3.63) is 84.8 Å². The Bertz CT molecular complexity index is 1440. The Morgan fingerprint density at radius 3 is 2.48 bits per heavy atom. The number of hydrogen-bond acceptors (Lipinski definition) is 5. The summed E-state index contributed by atoms with van der Waals surface area (Å²) in [6.45, 7) is 8.20. The summed E-state index contributed by atoms with van der Waals surface area (Å²) in [6.07, 6.45) is 0.730. The molecule has 156 valence electrons. The number of aryl methyl sites for hydroxylation is 2. The van der Waals surface area contributed by atoms with Gasteiger partial charge in [-0.25, -0.2) is 4.79 Å². The summed E-state index contributed by atoms with van der Waals surface area (Å²) in [4.78, 5) is 26.0. The van der Waals surface area contributed by atoms with E-state index in [4.69, 9.17) is 5.26 Å². The minimum absolute atomic E-state index is 0.327. The van der Waals surface area contributed by atoms with E-state index in [0.29, 0.717) is 11.6 Å². The predicted molar refractivity (Wildman–Crippen MR) is 118 cm³/mol. The molecular weight excluding hydrogens is 392 g/mol. The third-order valence-corrected chi connectivity index (χ3v) is 5.44. The van der Waals surface area contributed by atoms with Gasteiger partial charge in [-0.1, -0.05) is 19.9 Å². The van der Waals surface area contributed by atoms with E-state index in [0.717, 1.165) is 44.4 Å². The molecule has 2 heterocycles. The Balaban J connectivity index is 1.75. The first-order valence-corrected chi connectivity index (χ1v) is 9.99. The monoisotopic (exact) mass is 414 g/mol. The van der Waals surface area contributed by atoms with Crippen LogP contribution in [0.2, 0.25) is 0 Å². The minimum atomic E-state index is -0.788. The molecule has 31 heavy (non-hydrogen) atoms. The standard InChI is InChI=1S/C23H22N6O2/c1-12(2)21-18-10-15(5-6-19(18)26-27-21)9-17-13(3)7-16(8-14(17)4)29-23(31)25-22(30)20(11-24)28-29/h5-8,10,12H,9H2,1-4H3,(H,26,27)(H,25,30,31). The Morgan fingerprint density at radius 1 is 1.13 bits per heavy atom. The van der Waals surface area contributed by atoms with Gasteiger partial charge in [-0.05, 0) is 72.7 Å². The van der Waals surface area contributed by atoms with Gasteiger partial charge in [0.05, 0.1) is 16.9 Å². The molecular formula is C23H22N6O2. The molecule has 0 radical (unpaired) electrons. The first kappa shape index (κ1) is 20.3. The van der Waals surface area contributed by atoms with Gasteiger partial charge in [-0.3, -0.25) is 14.9 Å². The molecule has 2 N–H and O–H groups in total. The Hall–Kier alpha value is -3.99. The van der Waals surface area contributed by atoms with E-state index in [2.05, 4.69) is 52.3 Å². The predicted octanol–water partition coefficient (Wildman–Crippen LogP) is 3.00. The van der Waals surface area contributed by atoms with Crippen LogP contribution in [-0.4, -0.2) is 25.0 Å². The van der Waals surface area contributed by atoms with Crippen molar-refractivity contribution in [1.29, 1.82) is 5.26 Å². The number of benzene rings is 2. The highest BCUT2D eigenvalue weighted by Crippen LogP contribution is 2.27. The number of aromatic amines is 2. The van der Waals surface area contributed by atoms with Crippen molar-refractivity contribution in [2.24, 2.45) is 0 Å². The Morgan fingerprint density at radius 2 is 1.84 bits per heavy atom. The van der Waals surface area contributed by atoms with E-state index >= 15 is 0 Å². The second-order valence-electron chi connectivity index (χ2n) is 8.01. The van der Waals surface area contributed by atoms with Gasteiger partial charge in [0.1, 0.15) is 6.07 Å². The average molecular weight is 414 g/mol. The third kappa shape index (κ3) is 3.66. The summed E-state index contributed by atoms with van der Waals surface area (Å²) < 4.78 is 1.05. The van der Waals surface area contributed by atoms with Crippen LogP contribution in [0.15, 0.2) is 39.9 Å². The molecule has 4 aromatic rings. The zero-order valence-electron chi connectivity index (χ0n) is 17.8. The highest BCUT2D eigenvalue weighted by atomic mass is 16.2. The van der Waals surface area contributed by atoms with E-state index in [1.165, 1.54) is 5.56 Å². The summed E-state index contributed by atoms with van der Waals surface area (Å²) in [7, 11) is 0. The van der Waals surface area contributed by atoms with Gasteiger partial charge in [-0.15, -0.1) is 5.10 Å². The maximum atomic E-state index is 12.2. The number of fused-ring (bicyclic) bond motifs is 1. The van der Waals surface area contributed by atoms with Gasteiger partial charge in [0, 0.05) is 5.39 Å². The number of nitriles is 1. The van der Waals surface area contributed by atoms with Gasteiger partial charge < -0.3 is 0 Å². The summed E-state index contributed by atoms with van der Waals surface area (Å²) in [5.74, 6) is 0.327. The normalized spacial score (nSPS) is 11.2. The minimum Gasteiger partial charge on any atom is -0.278 e. The van der Waals surface area contributed by atoms with Crippen LogP contribution in [0, 0.1) is 25.2 Å². The third-order valence-electron chi connectivity index (χ3n) is 5.44. The van der Waals surface area contributed by atoms with Crippen molar-refractivity contribution in [2.45, 2.75) is 40.0 Å². The maximum Gasteiger partial charge on any atom is 0.349 e. The fourth-order valence-corrected chi connectivity index (χ4v) is 3.86. The van der Waals surface area contributed by atoms with Gasteiger partial charge in [0.15, 0.2) is 0 Å². The van der Waals surface area contributed by atoms with E-state index in [1.54, 1.807) is 6.07 Å². The molecule has 0 saturated carbocycles. The van der Waals surface area contributed by atoms with E-state index < -0.39 is 11.2 Å². The fourth-order valence-electron chi connectivity index (χ4n) is 3.86. The molecule has 0 aliphatic carbocycles. The number of rotatable bonds is 4. The lowest BCUT2D eigenvalue weighted by atomic mass is 9.94. The van der Waals surface area contributed by atoms with Crippen LogP contribution < -0.4 is 11.2 Å². The quantitative estimate of drug-likeness (QED) is 0.532. The lowest BCUT2D eigenvalue weighted by Gasteiger charge is -2.14. The van der Waals surface area contributed by atoms with Crippen LogP contribution >= 0.6 is 0 Å². The highest BCUT2D eigenvalue weighted by Gasteiger charge is 2.14. The second kappa shape index (κ2) is 7.69. The van der Waals surface area contributed by atoms with Crippen molar-refractivity contribution in [3.63, 3.8) is 0 Å². The van der Waals surface area contributed by atoms with Crippen LogP contribution in [0.4, 0.5) is 0 Å². The molecule has 0 aliphatic heterocycles. The molecule has 0 fully saturated rings. The van der Waals surface area contributed by atoms with Gasteiger partial charge >= 0.3 is 5.69 Å². The zero-order valence-corrected chi connectivity index (χ0v) is 17.8. The molecule has 0 atom stereocenters. The SMILES string of the molecule is Cc1cc(-n2nc(C#N)c(=O)[nH]c2=O)cc(C)c1Cc1ccc2[nH]nc(C(C)C)c2c1. The molecule has 8 nitrogen and oxygen atoms in total. The molecule has 4 rings (SSSR count). The largest absolute Gasteiger partial charge is 0.349 e. The number of nitrogens with one attached hydrogen (secondary N) is 2. The first-order valence-electron chi connectivity index (χ1n) is 9.99. The van der Waals surface area contributed by atoms with Crippen LogP contribution in [-0.2, 0) is 6.42 Å². The van der Waals surface area contributed by atoms with Crippen LogP contribution in [0.5, 0.6) is 0 Å². The number of hydrogen-bond donors (Lipinski definition) is 2. The van der Waals surface area contributed by atoms with Crippen molar-refractivity contribution >= 4 is 10.9 Å². The fraction of sp³-hybridized carbons (Fsp3) is 0.261. The van der Waals surface area contributed by atoms with Crippen molar-refractivity contribution in [1.82, 2.24) is 25.0 Å². The van der Waals surface area contributed by atoms with E-state index in [-0.39, 0.29) is 5.69 Å². The Labute approximate surface area is 178 Å². The lowest BCUT2D eigenvalue weighted by molar-refractivity contribution is 0.738. The second-order valence-corrected chi connectivity index (χ2v) is 8.01. The van der Waals surface area contributed by atoms with Gasteiger partial charge in [-0.2, -0.15) is 15.0 Å².